The van der Waals surface area contributed by atoms with Gasteiger partial charge in [0.15, 0.2) is 0 Å². The minimum Gasteiger partial charge on any atom is -0.491 e. The summed E-state index contributed by atoms with van der Waals surface area (Å²) in [6.45, 7) is 7.01. The monoisotopic (exact) mass is 459 g/mol. The highest BCUT2D eigenvalue weighted by Crippen LogP contribution is 2.31. The molecule has 8 heteroatoms. The van der Waals surface area contributed by atoms with Crippen LogP contribution in [-0.4, -0.2) is 73.5 Å². The molecule has 3 rings (SSSR count). The number of carbonyl (C=O) groups excluding carboxylic acids is 3. The van der Waals surface area contributed by atoms with E-state index in [4.69, 9.17) is 9.47 Å². The average molecular weight is 460 g/mol. The highest BCUT2D eigenvalue weighted by Gasteiger charge is 2.35. The summed E-state index contributed by atoms with van der Waals surface area (Å²) in [5.41, 5.74) is 0.920. The van der Waals surface area contributed by atoms with Crippen molar-refractivity contribution in [3.8, 4) is 5.75 Å². The quantitative estimate of drug-likeness (QED) is 0.747. The van der Waals surface area contributed by atoms with Crippen molar-refractivity contribution in [1.29, 1.82) is 0 Å². The van der Waals surface area contributed by atoms with Crippen LogP contribution in [0.4, 0.5) is 5.69 Å². The van der Waals surface area contributed by atoms with Crippen molar-refractivity contribution >= 4 is 23.4 Å². The van der Waals surface area contributed by atoms with E-state index >= 15 is 0 Å². The van der Waals surface area contributed by atoms with E-state index in [1.165, 1.54) is 0 Å². The number of fused-ring (bicyclic) bond motifs is 1. The fourth-order valence-electron chi connectivity index (χ4n) is 4.30. The third-order valence-corrected chi connectivity index (χ3v) is 6.79. The van der Waals surface area contributed by atoms with Gasteiger partial charge in [0, 0.05) is 51.2 Å². The van der Waals surface area contributed by atoms with Crippen molar-refractivity contribution in [3.05, 3.63) is 23.8 Å². The molecule has 0 aromatic heterocycles. The van der Waals surface area contributed by atoms with Crippen molar-refractivity contribution < 1.29 is 23.9 Å². The summed E-state index contributed by atoms with van der Waals surface area (Å²) in [4.78, 5) is 41.9. The zero-order valence-electron chi connectivity index (χ0n) is 20.4. The molecular formula is C25H37N3O5. The SMILES string of the molecule is CCC(=O)Nc1ccc2c(c1)C(=O)N(C)C[C@@H](OC)[C@H](C)CN(C(=O)C1CCC1)[C@@H](C)CO2. The third kappa shape index (κ3) is 5.85. The van der Waals surface area contributed by atoms with E-state index in [1.54, 1.807) is 44.2 Å². The number of carbonyl (C=O) groups is 3. The highest BCUT2D eigenvalue weighted by atomic mass is 16.5. The lowest BCUT2D eigenvalue weighted by Crippen LogP contribution is -2.51. The van der Waals surface area contributed by atoms with Gasteiger partial charge in [-0.1, -0.05) is 20.3 Å². The maximum Gasteiger partial charge on any atom is 0.257 e. The normalized spacial score (nSPS) is 24.6. The lowest BCUT2D eigenvalue weighted by atomic mass is 9.83. The standard InChI is InChI=1S/C25H37N3O5/c1-6-23(29)26-19-10-11-21-20(12-19)25(31)27(4)14-22(32-5)16(2)13-28(17(3)15-33-21)24(30)18-8-7-9-18/h10-12,16-18,22H,6-9,13-15H2,1-5H3,(H,26,29)/t16-,17+,22-/m1/s1. The van der Waals surface area contributed by atoms with E-state index in [1.807, 2.05) is 11.8 Å². The minimum absolute atomic E-state index is 0.0331. The number of likely N-dealkylation sites (N-methyl/N-ethyl adjacent to an activating group) is 1. The molecule has 1 aromatic rings. The summed E-state index contributed by atoms with van der Waals surface area (Å²) in [5, 5.41) is 2.80. The molecule has 3 amide bonds. The number of hydrogen-bond donors (Lipinski definition) is 1. The molecule has 1 N–H and O–H groups in total. The van der Waals surface area contributed by atoms with Crippen LogP contribution in [0.3, 0.4) is 0 Å². The lowest BCUT2D eigenvalue weighted by molar-refractivity contribution is -0.142. The molecule has 8 nitrogen and oxygen atoms in total. The van der Waals surface area contributed by atoms with Crippen LogP contribution in [0.5, 0.6) is 5.75 Å². The molecule has 1 fully saturated rings. The highest BCUT2D eigenvalue weighted by molar-refractivity contribution is 5.99. The Morgan fingerprint density at radius 2 is 1.94 bits per heavy atom. The fraction of sp³-hybridized carbons (Fsp3) is 0.640. The first-order valence-electron chi connectivity index (χ1n) is 11.9. The largest absolute Gasteiger partial charge is 0.491 e. The zero-order chi connectivity index (χ0) is 24.1. The van der Waals surface area contributed by atoms with Gasteiger partial charge >= 0.3 is 0 Å². The molecule has 0 saturated heterocycles. The summed E-state index contributed by atoms with van der Waals surface area (Å²) in [7, 11) is 3.37. The molecule has 1 heterocycles. The summed E-state index contributed by atoms with van der Waals surface area (Å²) < 4.78 is 11.8. The first kappa shape index (κ1) is 25.0. The Kier molecular flexibility index (Phi) is 8.35. The van der Waals surface area contributed by atoms with Gasteiger partial charge < -0.3 is 24.6 Å². The van der Waals surface area contributed by atoms with Crippen LogP contribution in [0.1, 0.15) is 56.8 Å². The Morgan fingerprint density at radius 1 is 1.21 bits per heavy atom. The van der Waals surface area contributed by atoms with Crippen LogP contribution < -0.4 is 10.1 Å². The van der Waals surface area contributed by atoms with Gasteiger partial charge in [-0.25, -0.2) is 0 Å². The summed E-state index contributed by atoms with van der Waals surface area (Å²) in [5.74, 6) is 0.408. The molecule has 1 aliphatic carbocycles. The number of anilines is 1. The van der Waals surface area contributed by atoms with Gasteiger partial charge in [0.1, 0.15) is 12.4 Å². The molecule has 0 bridgehead atoms. The van der Waals surface area contributed by atoms with Crippen molar-refractivity contribution in [2.24, 2.45) is 11.8 Å². The van der Waals surface area contributed by atoms with Crippen LogP contribution >= 0.6 is 0 Å². The minimum atomic E-state index is -0.227. The van der Waals surface area contributed by atoms with Crippen LogP contribution in [0.15, 0.2) is 18.2 Å². The van der Waals surface area contributed by atoms with Crippen molar-refractivity contribution in [1.82, 2.24) is 9.80 Å². The zero-order valence-corrected chi connectivity index (χ0v) is 20.4. The van der Waals surface area contributed by atoms with Crippen LogP contribution in [0.2, 0.25) is 0 Å². The Hall–Kier alpha value is -2.61. The first-order chi connectivity index (χ1) is 15.7. The van der Waals surface area contributed by atoms with Gasteiger partial charge in [-0.3, -0.25) is 14.4 Å². The number of hydrogen-bond acceptors (Lipinski definition) is 5. The molecule has 2 aliphatic rings. The van der Waals surface area contributed by atoms with E-state index in [0.29, 0.717) is 36.5 Å². The Bertz CT molecular complexity index is 870. The summed E-state index contributed by atoms with van der Waals surface area (Å²) in [6.07, 6.45) is 3.10. The van der Waals surface area contributed by atoms with Crippen molar-refractivity contribution in [3.63, 3.8) is 0 Å². The smallest absolute Gasteiger partial charge is 0.257 e. The van der Waals surface area contributed by atoms with Crippen LogP contribution in [0.25, 0.3) is 0 Å². The third-order valence-electron chi connectivity index (χ3n) is 6.79. The number of rotatable bonds is 4. The van der Waals surface area contributed by atoms with E-state index in [-0.39, 0.29) is 48.3 Å². The number of amides is 3. The molecule has 0 spiro atoms. The molecule has 1 saturated carbocycles. The lowest BCUT2D eigenvalue weighted by Gasteiger charge is -2.39. The van der Waals surface area contributed by atoms with Crippen molar-refractivity contribution in [2.75, 3.05) is 39.2 Å². The van der Waals surface area contributed by atoms with E-state index in [0.717, 1.165) is 19.3 Å². The second-order valence-corrected chi connectivity index (χ2v) is 9.33. The second kappa shape index (κ2) is 11.0. The molecule has 3 atom stereocenters. The number of methoxy groups -OCH3 is 1. The maximum absolute atomic E-state index is 13.3. The van der Waals surface area contributed by atoms with E-state index in [9.17, 15) is 14.4 Å². The molecule has 1 aliphatic heterocycles. The molecule has 182 valence electrons. The number of nitrogens with one attached hydrogen (secondary N) is 1. The van der Waals surface area contributed by atoms with E-state index < -0.39 is 0 Å². The molecular weight excluding hydrogens is 422 g/mol. The van der Waals surface area contributed by atoms with Gasteiger partial charge in [-0.2, -0.15) is 0 Å². The number of benzene rings is 1. The predicted molar refractivity (Wildman–Crippen MR) is 126 cm³/mol. The van der Waals surface area contributed by atoms with Crippen molar-refractivity contribution in [2.45, 2.75) is 58.6 Å². The Balaban J connectivity index is 1.94. The van der Waals surface area contributed by atoms with Gasteiger partial charge in [-0.05, 0) is 38.0 Å². The Morgan fingerprint density at radius 3 is 2.55 bits per heavy atom. The molecule has 0 radical (unpaired) electrons. The van der Waals surface area contributed by atoms with Gasteiger partial charge in [0.25, 0.3) is 5.91 Å². The van der Waals surface area contributed by atoms with Crippen LogP contribution in [-0.2, 0) is 14.3 Å². The van der Waals surface area contributed by atoms with Gasteiger partial charge in [-0.15, -0.1) is 0 Å². The molecule has 0 unspecified atom stereocenters. The predicted octanol–water partition coefficient (Wildman–Crippen LogP) is 3.17. The van der Waals surface area contributed by atoms with Gasteiger partial charge in [0.05, 0.1) is 17.7 Å². The van der Waals surface area contributed by atoms with Gasteiger partial charge in [0.2, 0.25) is 11.8 Å². The maximum atomic E-state index is 13.3. The Labute approximate surface area is 196 Å². The number of ether oxygens (including phenoxy) is 2. The summed E-state index contributed by atoms with van der Waals surface area (Å²) in [6, 6.07) is 4.94. The second-order valence-electron chi connectivity index (χ2n) is 9.33. The average Bonchev–Trinajstić information content (AvgIpc) is 2.76. The first-order valence-corrected chi connectivity index (χ1v) is 11.9. The molecule has 33 heavy (non-hydrogen) atoms. The topological polar surface area (TPSA) is 88.2 Å². The van der Waals surface area contributed by atoms with E-state index in [2.05, 4.69) is 12.2 Å². The molecule has 1 aromatic carbocycles. The number of nitrogens with zero attached hydrogens (tertiary/aromatic N) is 2. The summed E-state index contributed by atoms with van der Waals surface area (Å²) >= 11 is 0. The fourth-order valence-corrected chi connectivity index (χ4v) is 4.30. The van der Waals surface area contributed by atoms with Crippen LogP contribution in [0, 0.1) is 11.8 Å².